The molecule has 1 amide bonds. The first-order chi connectivity index (χ1) is 8.70. The largest absolute Gasteiger partial charge is 0.320 e. The molecule has 0 saturated heterocycles. The average molecular weight is 240 g/mol. The van der Waals surface area contributed by atoms with Crippen molar-refractivity contribution in [3.8, 4) is 11.1 Å². The van der Waals surface area contributed by atoms with Gasteiger partial charge in [0.15, 0.2) is 0 Å². The van der Waals surface area contributed by atoms with Crippen molar-refractivity contribution in [2.45, 2.75) is 6.92 Å². The van der Waals surface area contributed by atoms with Crippen LogP contribution in [0.2, 0.25) is 0 Å². The summed E-state index contributed by atoms with van der Waals surface area (Å²) >= 11 is 0. The first-order valence-corrected chi connectivity index (χ1v) is 5.48. The zero-order valence-corrected chi connectivity index (χ0v) is 9.88. The van der Waals surface area contributed by atoms with E-state index in [1.807, 2.05) is 31.2 Å². The van der Waals surface area contributed by atoms with Crippen LogP contribution in [0.5, 0.6) is 0 Å². The molecular formula is C14H12N2O2. The van der Waals surface area contributed by atoms with E-state index < -0.39 is 5.91 Å². The summed E-state index contributed by atoms with van der Waals surface area (Å²) in [7, 11) is 0. The molecule has 18 heavy (non-hydrogen) atoms. The van der Waals surface area contributed by atoms with Gasteiger partial charge >= 0.3 is 0 Å². The summed E-state index contributed by atoms with van der Waals surface area (Å²) < 4.78 is 0. The van der Waals surface area contributed by atoms with Gasteiger partial charge < -0.3 is 5.32 Å². The van der Waals surface area contributed by atoms with E-state index >= 15 is 0 Å². The van der Waals surface area contributed by atoms with Crippen LogP contribution in [0.4, 0.5) is 5.69 Å². The molecule has 4 heteroatoms. The number of anilines is 1. The smallest absolute Gasteiger partial charge is 0.288 e. The molecule has 0 bridgehead atoms. The number of hydrogen-bond donors (Lipinski definition) is 1. The third-order valence-corrected chi connectivity index (χ3v) is 2.59. The number of carbonyl (C=O) groups excluding carboxylic acids is 2. The third kappa shape index (κ3) is 2.60. The lowest BCUT2D eigenvalue weighted by Crippen LogP contribution is -2.12. The molecule has 1 heterocycles. The minimum Gasteiger partial charge on any atom is -0.320 e. The Bertz CT molecular complexity index is 580. The van der Waals surface area contributed by atoms with Crippen molar-refractivity contribution in [2.75, 3.05) is 5.32 Å². The number of aldehydes is 1. The molecule has 1 N–H and O–H groups in total. The van der Waals surface area contributed by atoms with Crippen molar-refractivity contribution in [3.63, 3.8) is 0 Å². The summed E-state index contributed by atoms with van der Waals surface area (Å²) in [4.78, 5) is 25.2. The Morgan fingerprint density at radius 1 is 1.22 bits per heavy atom. The average Bonchev–Trinajstić information content (AvgIpc) is 2.40. The number of carbonyl (C=O) groups is 2. The molecule has 0 spiro atoms. The van der Waals surface area contributed by atoms with E-state index in [0.717, 1.165) is 16.7 Å². The van der Waals surface area contributed by atoms with Crippen LogP contribution in [-0.4, -0.2) is 17.2 Å². The van der Waals surface area contributed by atoms with Crippen molar-refractivity contribution in [1.29, 1.82) is 0 Å². The normalized spacial score (nSPS) is 9.83. The lowest BCUT2D eigenvalue weighted by molar-refractivity contribution is -0.127. The fourth-order valence-corrected chi connectivity index (χ4v) is 1.77. The summed E-state index contributed by atoms with van der Waals surface area (Å²) in [5.74, 6) is -0.647. The van der Waals surface area contributed by atoms with Gasteiger partial charge in [-0.2, -0.15) is 0 Å². The predicted octanol–water partition coefficient (Wildman–Crippen LogP) is 2.19. The summed E-state index contributed by atoms with van der Waals surface area (Å²) in [6, 6.07) is 9.35. The van der Waals surface area contributed by atoms with Crippen LogP contribution in [-0.2, 0) is 9.59 Å². The van der Waals surface area contributed by atoms with Gasteiger partial charge in [-0.3, -0.25) is 14.6 Å². The highest BCUT2D eigenvalue weighted by molar-refractivity contribution is 6.29. The zero-order chi connectivity index (χ0) is 13.0. The Morgan fingerprint density at radius 2 is 1.94 bits per heavy atom. The Hall–Kier alpha value is -2.49. The van der Waals surface area contributed by atoms with Crippen LogP contribution in [0.3, 0.4) is 0 Å². The lowest BCUT2D eigenvalue weighted by Gasteiger charge is -2.08. The Kier molecular flexibility index (Phi) is 3.48. The van der Waals surface area contributed by atoms with E-state index in [4.69, 9.17) is 0 Å². The number of aryl methyl sites for hydroxylation is 1. The number of hydrogen-bond acceptors (Lipinski definition) is 3. The number of nitrogens with one attached hydrogen (secondary N) is 1. The summed E-state index contributed by atoms with van der Waals surface area (Å²) in [6.45, 7) is 1.95. The second-order valence-corrected chi connectivity index (χ2v) is 3.87. The van der Waals surface area contributed by atoms with Crippen molar-refractivity contribution in [2.24, 2.45) is 0 Å². The second kappa shape index (κ2) is 5.23. The molecule has 0 unspecified atom stereocenters. The molecule has 1 aromatic carbocycles. The van der Waals surface area contributed by atoms with E-state index in [9.17, 15) is 9.59 Å². The Labute approximate surface area is 105 Å². The van der Waals surface area contributed by atoms with Crippen LogP contribution in [0.25, 0.3) is 11.1 Å². The number of benzene rings is 1. The first kappa shape index (κ1) is 12.0. The van der Waals surface area contributed by atoms with E-state index in [0.29, 0.717) is 5.69 Å². The molecule has 0 aliphatic heterocycles. The van der Waals surface area contributed by atoms with Crippen molar-refractivity contribution in [3.05, 3.63) is 48.3 Å². The van der Waals surface area contributed by atoms with Crippen LogP contribution in [0.15, 0.2) is 42.7 Å². The highest BCUT2D eigenvalue weighted by atomic mass is 16.2. The Morgan fingerprint density at radius 3 is 2.56 bits per heavy atom. The fraction of sp³-hybridized carbons (Fsp3) is 0.0714. The molecule has 0 aliphatic carbocycles. The predicted molar refractivity (Wildman–Crippen MR) is 69.1 cm³/mol. The van der Waals surface area contributed by atoms with E-state index in [1.165, 1.54) is 0 Å². The number of pyridine rings is 1. The van der Waals surface area contributed by atoms with Crippen LogP contribution in [0, 0.1) is 6.92 Å². The molecule has 2 rings (SSSR count). The molecule has 0 aliphatic rings. The van der Waals surface area contributed by atoms with Crippen LogP contribution >= 0.6 is 0 Å². The topological polar surface area (TPSA) is 59.1 Å². The Balaban J connectivity index is 2.31. The number of nitrogens with zero attached hydrogens (tertiary/aromatic N) is 1. The molecule has 0 fully saturated rings. The standard InChI is InChI=1S/C14H12N2O2/c1-10-8-12(16-14(18)9-17)2-3-13(10)11-4-6-15-7-5-11/h2-9H,1H3,(H,16,18). The van der Waals surface area contributed by atoms with Gasteiger partial charge in [-0.1, -0.05) is 6.07 Å². The molecule has 0 saturated carbocycles. The van der Waals surface area contributed by atoms with Crippen LogP contribution < -0.4 is 5.32 Å². The van der Waals surface area contributed by atoms with Crippen molar-refractivity contribution < 1.29 is 9.59 Å². The molecule has 2 aromatic rings. The molecular weight excluding hydrogens is 228 g/mol. The number of aromatic nitrogens is 1. The molecule has 4 nitrogen and oxygen atoms in total. The monoisotopic (exact) mass is 240 g/mol. The molecule has 0 atom stereocenters. The van der Waals surface area contributed by atoms with Gasteiger partial charge in [-0.25, -0.2) is 0 Å². The highest BCUT2D eigenvalue weighted by Crippen LogP contribution is 2.25. The minimum atomic E-state index is -0.647. The third-order valence-electron chi connectivity index (χ3n) is 2.59. The van der Waals surface area contributed by atoms with E-state index in [-0.39, 0.29) is 6.29 Å². The number of rotatable bonds is 3. The van der Waals surface area contributed by atoms with Gasteiger partial charge in [-0.15, -0.1) is 0 Å². The first-order valence-electron chi connectivity index (χ1n) is 5.48. The van der Waals surface area contributed by atoms with Gasteiger partial charge in [0.2, 0.25) is 6.29 Å². The molecule has 1 aromatic heterocycles. The summed E-state index contributed by atoms with van der Waals surface area (Å²) in [5, 5.41) is 2.49. The maximum atomic E-state index is 11.0. The van der Waals surface area contributed by atoms with Gasteiger partial charge in [0.05, 0.1) is 0 Å². The van der Waals surface area contributed by atoms with Gasteiger partial charge in [0.1, 0.15) is 0 Å². The summed E-state index contributed by atoms with van der Waals surface area (Å²) in [6.07, 6.45) is 3.72. The fourth-order valence-electron chi connectivity index (χ4n) is 1.77. The maximum absolute atomic E-state index is 11.0. The van der Waals surface area contributed by atoms with Gasteiger partial charge in [0, 0.05) is 18.1 Å². The second-order valence-electron chi connectivity index (χ2n) is 3.87. The molecule has 90 valence electrons. The SMILES string of the molecule is Cc1cc(NC(=O)C=O)ccc1-c1ccncc1. The van der Waals surface area contributed by atoms with Crippen LogP contribution in [0.1, 0.15) is 5.56 Å². The summed E-state index contributed by atoms with van der Waals surface area (Å²) in [5.41, 5.74) is 3.77. The zero-order valence-electron chi connectivity index (χ0n) is 9.88. The van der Waals surface area contributed by atoms with E-state index in [1.54, 1.807) is 18.5 Å². The minimum absolute atomic E-state index is 0.256. The van der Waals surface area contributed by atoms with Crippen molar-refractivity contribution in [1.82, 2.24) is 4.98 Å². The highest BCUT2D eigenvalue weighted by Gasteiger charge is 2.04. The lowest BCUT2D eigenvalue weighted by atomic mass is 10.0. The number of amides is 1. The van der Waals surface area contributed by atoms with Gasteiger partial charge in [-0.05, 0) is 47.9 Å². The van der Waals surface area contributed by atoms with Gasteiger partial charge in [0.25, 0.3) is 5.91 Å². The maximum Gasteiger partial charge on any atom is 0.288 e. The quantitative estimate of drug-likeness (QED) is 0.661. The van der Waals surface area contributed by atoms with E-state index in [2.05, 4.69) is 10.3 Å². The van der Waals surface area contributed by atoms with Crippen molar-refractivity contribution >= 4 is 17.9 Å². The molecule has 0 radical (unpaired) electrons.